The molecule has 0 saturated carbocycles. The number of aliphatic hydroxyl groups is 1. The number of carbonyl (C=O) groups is 3. The van der Waals surface area contributed by atoms with Crippen molar-refractivity contribution in [3.05, 3.63) is 88.5 Å². The molecule has 9 nitrogen and oxygen atoms in total. The lowest BCUT2D eigenvalue weighted by molar-refractivity contribution is -0.132. The number of unbranched alkanes of at least 4 members (excludes halogenated alkanes) is 1. The van der Waals surface area contributed by atoms with Gasteiger partial charge in [-0.15, -0.1) is 0 Å². The predicted octanol–water partition coefficient (Wildman–Crippen LogP) is 6.00. The Kier molecular flexibility index (Phi) is 9.57. The van der Waals surface area contributed by atoms with E-state index < -0.39 is 23.7 Å². The molecule has 1 aromatic heterocycles. The molecule has 1 aliphatic rings. The summed E-state index contributed by atoms with van der Waals surface area (Å²) >= 11 is 0.938. The third kappa shape index (κ3) is 6.33. The van der Waals surface area contributed by atoms with Crippen LogP contribution in [0.15, 0.2) is 66.8 Å². The number of rotatable bonds is 12. The largest absolute Gasteiger partial charge is 0.507 e. The summed E-state index contributed by atoms with van der Waals surface area (Å²) in [6, 6.07) is 12.6. The lowest BCUT2D eigenvalue weighted by atomic mass is 9.95. The van der Waals surface area contributed by atoms with Crippen molar-refractivity contribution in [2.24, 2.45) is 0 Å². The van der Waals surface area contributed by atoms with Crippen LogP contribution in [0.4, 0.5) is 5.13 Å². The van der Waals surface area contributed by atoms with E-state index in [0.717, 1.165) is 24.2 Å². The first kappa shape index (κ1) is 29.5. The average molecular weight is 577 g/mol. The SMILES string of the molecule is C=CCOC(=O)c1sc(N2C(=O)C(=O)C(=C(O)c3ccc(OCC)cc3)C2c2cccc(OCCCC)c2)nc1C. The first-order valence-corrected chi connectivity index (χ1v) is 14.1. The third-order valence-electron chi connectivity index (χ3n) is 6.33. The van der Waals surface area contributed by atoms with Crippen LogP contribution in [-0.2, 0) is 14.3 Å². The molecule has 3 aromatic rings. The number of carbonyl (C=O) groups excluding carboxylic acids is 3. The van der Waals surface area contributed by atoms with Crippen LogP contribution >= 0.6 is 11.3 Å². The van der Waals surface area contributed by atoms with Crippen LogP contribution in [0.2, 0.25) is 0 Å². The van der Waals surface area contributed by atoms with Crippen LogP contribution < -0.4 is 14.4 Å². The van der Waals surface area contributed by atoms with Crippen molar-refractivity contribution in [1.82, 2.24) is 4.98 Å². The van der Waals surface area contributed by atoms with Gasteiger partial charge in [-0.2, -0.15) is 0 Å². The molecule has 1 atom stereocenters. The number of aromatic nitrogens is 1. The Labute approximate surface area is 242 Å². The van der Waals surface area contributed by atoms with Crippen LogP contribution in [0.25, 0.3) is 5.76 Å². The molecule has 4 rings (SSSR count). The van der Waals surface area contributed by atoms with Gasteiger partial charge in [0.15, 0.2) is 5.13 Å². The van der Waals surface area contributed by atoms with Crippen molar-refractivity contribution in [3.63, 3.8) is 0 Å². The highest BCUT2D eigenvalue weighted by molar-refractivity contribution is 7.17. The number of hydrogen-bond acceptors (Lipinski definition) is 9. The highest BCUT2D eigenvalue weighted by atomic mass is 32.1. The zero-order chi connectivity index (χ0) is 29.5. The topological polar surface area (TPSA) is 115 Å². The van der Waals surface area contributed by atoms with Gasteiger partial charge in [-0.3, -0.25) is 14.5 Å². The maximum absolute atomic E-state index is 13.6. The smallest absolute Gasteiger partial charge is 0.350 e. The van der Waals surface area contributed by atoms with E-state index in [1.807, 2.05) is 6.92 Å². The summed E-state index contributed by atoms with van der Waals surface area (Å²) in [4.78, 5) is 45.6. The molecule has 41 heavy (non-hydrogen) atoms. The van der Waals surface area contributed by atoms with Gasteiger partial charge in [-0.25, -0.2) is 9.78 Å². The van der Waals surface area contributed by atoms with E-state index >= 15 is 0 Å². The van der Waals surface area contributed by atoms with Crippen molar-refractivity contribution in [3.8, 4) is 11.5 Å². The minimum Gasteiger partial charge on any atom is -0.507 e. The number of ketones is 1. The number of Topliss-reactive ketones (excluding diaryl/α,β-unsaturated/α-hetero) is 1. The van der Waals surface area contributed by atoms with E-state index in [1.54, 1.807) is 55.5 Å². The summed E-state index contributed by atoms with van der Waals surface area (Å²) in [6.07, 6.45) is 3.27. The minimum atomic E-state index is -1.03. The Balaban J connectivity index is 1.84. The number of anilines is 1. The fourth-order valence-corrected chi connectivity index (χ4v) is 5.35. The van der Waals surface area contributed by atoms with Crippen LogP contribution in [0.5, 0.6) is 11.5 Å². The van der Waals surface area contributed by atoms with E-state index in [2.05, 4.69) is 18.5 Å². The molecule has 2 aromatic carbocycles. The van der Waals surface area contributed by atoms with E-state index in [0.29, 0.717) is 41.5 Å². The number of nitrogens with zero attached hydrogens (tertiary/aromatic N) is 2. The molecule has 1 aliphatic heterocycles. The molecular formula is C31H32N2O7S. The van der Waals surface area contributed by atoms with Crippen molar-refractivity contribution >= 4 is 39.9 Å². The molecule has 0 radical (unpaired) electrons. The summed E-state index contributed by atoms with van der Waals surface area (Å²) in [5.74, 6) is -1.53. The Bertz CT molecular complexity index is 1480. The van der Waals surface area contributed by atoms with Gasteiger partial charge in [-0.05, 0) is 62.2 Å². The molecule has 1 amide bonds. The van der Waals surface area contributed by atoms with Gasteiger partial charge in [0, 0.05) is 5.56 Å². The Hall–Kier alpha value is -4.44. The molecule has 214 valence electrons. The summed E-state index contributed by atoms with van der Waals surface area (Å²) in [6.45, 7) is 10.1. The second kappa shape index (κ2) is 13.3. The normalized spacial score (nSPS) is 16.1. The van der Waals surface area contributed by atoms with Gasteiger partial charge in [-0.1, -0.05) is 49.5 Å². The zero-order valence-corrected chi connectivity index (χ0v) is 24.0. The minimum absolute atomic E-state index is 0.0168. The number of aryl methyl sites for hydroxylation is 1. The fourth-order valence-electron chi connectivity index (χ4n) is 4.36. The lowest BCUT2D eigenvalue weighted by Gasteiger charge is -2.23. The monoisotopic (exact) mass is 576 g/mol. The van der Waals surface area contributed by atoms with Gasteiger partial charge in [0.05, 0.1) is 30.5 Å². The molecule has 0 aliphatic carbocycles. The van der Waals surface area contributed by atoms with E-state index in [4.69, 9.17) is 14.2 Å². The molecule has 2 heterocycles. The van der Waals surface area contributed by atoms with Crippen molar-refractivity contribution in [2.45, 2.75) is 39.7 Å². The number of aliphatic hydroxyl groups excluding tert-OH is 1. The summed E-state index contributed by atoms with van der Waals surface area (Å²) in [5.41, 5.74) is 1.13. The van der Waals surface area contributed by atoms with Gasteiger partial charge in [0.2, 0.25) is 0 Å². The van der Waals surface area contributed by atoms with Gasteiger partial charge in [0.25, 0.3) is 5.78 Å². The van der Waals surface area contributed by atoms with Crippen LogP contribution in [-0.4, -0.2) is 47.6 Å². The van der Waals surface area contributed by atoms with Crippen molar-refractivity contribution in [2.75, 3.05) is 24.7 Å². The summed E-state index contributed by atoms with van der Waals surface area (Å²) in [5, 5.41) is 11.5. The quantitative estimate of drug-likeness (QED) is 0.0697. The highest BCUT2D eigenvalue weighted by Crippen LogP contribution is 2.44. The molecule has 1 N–H and O–H groups in total. The summed E-state index contributed by atoms with van der Waals surface area (Å²) in [7, 11) is 0. The molecule has 0 spiro atoms. The molecule has 1 fully saturated rings. The van der Waals surface area contributed by atoms with Crippen LogP contribution in [0, 0.1) is 6.92 Å². The van der Waals surface area contributed by atoms with Gasteiger partial charge in [0.1, 0.15) is 28.7 Å². The maximum atomic E-state index is 13.6. The Morgan fingerprint density at radius 3 is 2.56 bits per heavy atom. The fraction of sp³-hybridized carbons (Fsp3) is 0.290. The standard InChI is InChI=1S/C31H32N2O7S/c1-5-8-17-39-23-11-9-10-21(18-23)25-24(26(34)20-12-14-22(15-13-20)38-7-3)27(35)29(36)33(25)31-32-19(4)28(41-31)30(37)40-16-6-2/h6,9-15,18,25,34H,2,5,7-8,16-17H2,1,3-4H3. The first-order chi connectivity index (χ1) is 19.8. The Morgan fingerprint density at radius 1 is 1.12 bits per heavy atom. The zero-order valence-electron chi connectivity index (χ0n) is 23.2. The Morgan fingerprint density at radius 2 is 1.88 bits per heavy atom. The lowest BCUT2D eigenvalue weighted by Crippen LogP contribution is -2.29. The van der Waals surface area contributed by atoms with E-state index in [9.17, 15) is 19.5 Å². The third-order valence-corrected chi connectivity index (χ3v) is 7.47. The molecule has 0 bridgehead atoms. The number of benzene rings is 2. The predicted molar refractivity (Wildman–Crippen MR) is 157 cm³/mol. The number of hydrogen-bond donors (Lipinski definition) is 1. The number of esters is 1. The van der Waals surface area contributed by atoms with E-state index in [1.165, 1.54) is 11.0 Å². The molecule has 1 unspecified atom stereocenters. The second-order valence-electron chi connectivity index (χ2n) is 9.20. The van der Waals surface area contributed by atoms with Crippen LogP contribution in [0.1, 0.15) is 59.2 Å². The van der Waals surface area contributed by atoms with Crippen LogP contribution in [0.3, 0.4) is 0 Å². The van der Waals surface area contributed by atoms with Crippen molar-refractivity contribution < 1.29 is 33.7 Å². The van der Waals surface area contributed by atoms with E-state index in [-0.39, 0.29) is 27.9 Å². The molecule has 1 saturated heterocycles. The second-order valence-corrected chi connectivity index (χ2v) is 10.2. The van der Waals surface area contributed by atoms with Crippen molar-refractivity contribution in [1.29, 1.82) is 0 Å². The number of thiazole rings is 1. The number of amides is 1. The van der Waals surface area contributed by atoms with Gasteiger partial charge < -0.3 is 19.3 Å². The average Bonchev–Trinajstić information content (AvgIpc) is 3.48. The molecule has 10 heteroatoms. The maximum Gasteiger partial charge on any atom is 0.350 e. The molecular weight excluding hydrogens is 544 g/mol. The highest BCUT2D eigenvalue weighted by Gasteiger charge is 2.48. The number of ether oxygens (including phenoxy) is 3. The van der Waals surface area contributed by atoms with Gasteiger partial charge >= 0.3 is 11.9 Å². The summed E-state index contributed by atoms with van der Waals surface area (Å²) < 4.78 is 16.5. The first-order valence-electron chi connectivity index (χ1n) is 13.3.